The van der Waals surface area contributed by atoms with Crippen molar-refractivity contribution in [1.82, 2.24) is 9.55 Å². The number of alkyl halides is 1. The summed E-state index contributed by atoms with van der Waals surface area (Å²) in [5.41, 5.74) is 3.37. The summed E-state index contributed by atoms with van der Waals surface area (Å²) in [5, 5.41) is -0.107. The Morgan fingerprint density at radius 2 is 2.26 bits per heavy atom. The zero-order chi connectivity index (χ0) is 13.6. The maximum atomic E-state index is 6.35. The van der Waals surface area contributed by atoms with Crippen LogP contribution in [0.5, 0.6) is 0 Å². The number of imidazole rings is 1. The molecular weight excluding hydrogens is 260 g/mol. The van der Waals surface area contributed by atoms with Crippen LogP contribution in [-0.4, -0.2) is 22.8 Å². The standard InChI is InChI=1S/C15H19ClN2O/c1-10-5-4-6-12-13(10)17-14(11(2)16)18(12)15(3)7-8-19-9-15/h4-6,11H,7-9H2,1-3H3. The SMILES string of the molecule is Cc1cccc2c1nc(C(C)Cl)n2C1(C)CCOC1. The van der Waals surface area contributed by atoms with Gasteiger partial charge < -0.3 is 9.30 Å². The van der Waals surface area contributed by atoms with Gasteiger partial charge in [-0.15, -0.1) is 11.6 Å². The van der Waals surface area contributed by atoms with Crippen LogP contribution < -0.4 is 0 Å². The number of halogens is 1. The fourth-order valence-corrected chi connectivity index (χ4v) is 3.07. The van der Waals surface area contributed by atoms with E-state index in [1.54, 1.807) is 0 Å². The number of ether oxygens (including phenoxy) is 1. The first-order chi connectivity index (χ1) is 9.03. The second-order valence-corrected chi connectivity index (χ2v) is 6.32. The van der Waals surface area contributed by atoms with Crippen molar-refractivity contribution >= 4 is 22.6 Å². The highest BCUT2D eigenvalue weighted by Crippen LogP contribution is 2.36. The molecule has 1 saturated heterocycles. The second kappa shape index (κ2) is 4.50. The van der Waals surface area contributed by atoms with Gasteiger partial charge in [0.2, 0.25) is 0 Å². The Bertz CT molecular complexity index is 612. The molecule has 0 bridgehead atoms. The minimum absolute atomic E-state index is 0.0406. The largest absolute Gasteiger partial charge is 0.379 e. The van der Waals surface area contributed by atoms with E-state index in [0.717, 1.165) is 36.5 Å². The maximum absolute atomic E-state index is 6.35. The topological polar surface area (TPSA) is 27.1 Å². The monoisotopic (exact) mass is 278 g/mol. The minimum Gasteiger partial charge on any atom is -0.379 e. The van der Waals surface area contributed by atoms with Crippen molar-refractivity contribution in [1.29, 1.82) is 0 Å². The number of aryl methyl sites for hydroxylation is 1. The lowest BCUT2D eigenvalue weighted by Crippen LogP contribution is -2.32. The molecule has 3 nitrogen and oxygen atoms in total. The third-order valence-electron chi connectivity index (χ3n) is 4.01. The van der Waals surface area contributed by atoms with Crippen LogP contribution in [-0.2, 0) is 10.3 Å². The molecule has 1 aliphatic rings. The number of aromatic nitrogens is 2. The molecular formula is C15H19ClN2O. The van der Waals surface area contributed by atoms with E-state index in [1.807, 2.05) is 6.92 Å². The van der Waals surface area contributed by atoms with E-state index in [9.17, 15) is 0 Å². The molecule has 1 aliphatic heterocycles. The Kier molecular flexibility index (Phi) is 3.06. The van der Waals surface area contributed by atoms with Crippen LogP contribution in [0.3, 0.4) is 0 Å². The molecule has 1 aromatic carbocycles. The summed E-state index contributed by atoms with van der Waals surface area (Å²) >= 11 is 6.35. The molecule has 2 heterocycles. The smallest absolute Gasteiger partial charge is 0.128 e. The van der Waals surface area contributed by atoms with Gasteiger partial charge in [-0.1, -0.05) is 12.1 Å². The Morgan fingerprint density at radius 3 is 2.89 bits per heavy atom. The van der Waals surface area contributed by atoms with Crippen molar-refractivity contribution in [3.63, 3.8) is 0 Å². The predicted molar refractivity (Wildman–Crippen MR) is 77.8 cm³/mol. The first-order valence-electron chi connectivity index (χ1n) is 6.73. The first kappa shape index (κ1) is 12.9. The van der Waals surface area contributed by atoms with Crippen LogP contribution >= 0.6 is 11.6 Å². The van der Waals surface area contributed by atoms with Crippen molar-refractivity contribution in [2.75, 3.05) is 13.2 Å². The van der Waals surface area contributed by atoms with Crippen LogP contribution in [0, 0.1) is 6.92 Å². The molecule has 0 radical (unpaired) electrons. The van der Waals surface area contributed by atoms with E-state index in [0.29, 0.717) is 0 Å². The van der Waals surface area contributed by atoms with Crippen molar-refractivity contribution in [2.45, 2.75) is 38.1 Å². The summed E-state index contributed by atoms with van der Waals surface area (Å²) in [5.74, 6) is 0.943. The van der Waals surface area contributed by atoms with Crippen molar-refractivity contribution in [2.24, 2.45) is 0 Å². The fraction of sp³-hybridized carbons (Fsp3) is 0.533. The van der Waals surface area contributed by atoms with Gasteiger partial charge >= 0.3 is 0 Å². The molecule has 3 rings (SSSR count). The van der Waals surface area contributed by atoms with E-state index in [4.69, 9.17) is 21.3 Å². The molecule has 2 atom stereocenters. The highest BCUT2D eigenvalue weighted by atomic mass is 35.5. The number of nitrogens with zero attached hydrogens (tertiary/aromatic N) is 2. The summed E-state index contributed by atoms with van der Waals surface area (Å²) in [6.07, 6.45) is 1.00. The first-order valence-corrected chi connectivity index (χ1v) is 7.17. The lowest BCUT2D eigenvalue weighted by Gasteiger charge is -2.28. The summed E-state index contributed by atoms with van der Waals surface area (Å²) in [4.78, 5) is 4.78. The number of hydrogen-bond donors (Lipinski definition) is 0. The van der Waals surface area contributed by atoms with E-state index >= 15 is 0 Å². The molecule has 2 aromatic rings. The van der Waals surface area contributed by atoms with Crippen molar-refractivity contribution < 1.29 is 4.74 Å². The summed E-state index contributed by atoms with van der Waals surface area (Å²) in [7, 11) is 0. The molecule has 2 unspecified atom stereocenters. The third-order valence-corrected chi connectivity index (χ3v) is 4.20. The summed E-state index contributed by atoms with van der Waals surface area (Å²) < 4.78 is 7.90. The molecule has 0 saturated carbocycles. The maximum Gasteiger partial charge on any atom is 0.128 e. The molecule has 0 amide bonds. The fourth-order valence-electron chi connectivity index (χ4n) is 2.92. The van der Waals surface area contributed by atoms with Gasteiger partial charge in [0, 0.05) is 6.61 Å². The molecule has 0 spiro atoms. The highest BCUT2D eigenvalue weighted by Gasteiger charge is 2.35. The van der Waals surface area contributed by atoms with E-state index < -0.39 is 0 Å². The zero-order valence-corrected chi connectivity index (χ0v) is 12.4. The third kappa shape index (κ3) is 1.96. The van der Waals surface area contributed by atoms with Gasteiger partial charge in [0.25, 0.3) is 0 Å². The molecule has 4 heteroatoms. The molecule has 0 aliphatic carbocycles. The quantitative estimate of drug-likeness (QED) is 0.782. The lowest BCUT2D eigenvalue weighted by molar-refractivity contribution is 0.162. The van der Waals surface area contributed by atoms with Gasteiger partial charge in [0.05, 0.1) is 28.6 Å². The number of hydrogen-bond acceptors (Lipinski definition) is 2. The van der Waals surface area contributed by atoms with E-state index in [-0.39, 0.29) is 10.9 Å². The number of fused-ring (bicyclic) bond motifs is 1. The molecule has 1 fully saturated rings. The molecule has 102 valence electrons. The van der Waals surface area contributed by atoms with Crippen LogP contribution in [0.25, 0.3) is 11.0 Å². The van der Waals surface area contributed by atoms with Gasteiger partial charge in [-0.25, -0.2) is 4.98 Å². The number of rotatable bonds is 2. The van der Waals surface area contributed by atoms with Crippen LogP contribution in [0.2, 0.25) is 0 Å². The highest BCUT2D eigenvalue weighted by molar-refractivity contribution is 6.20. The Morgan fingerprint density at radius 1 is 1.47 bits per heavy atom. The van der Waals surface area contributed by atoms with E-state index in [1.165, 1.54) is 5.56 Å². The second-order valence-electron chi connectivity index (χ2n) is 5.66. The predicted octanol–water partition coefficient (Wildman–Crippen LogP) is 3.78. The molecule has 1 aromatic heterocycles. The van der Waals surface area contributed by atoms with Crippen molar-refractivity contribution in [3.05, 3.63) is 29.6 Å². The average molecular weight is 279 g/mol. The van der Waals surface area contributed by atoms with Gasteiger partial charge in [0.15, 0.2) is 0 Å². The van der Waals surface area contributed by atoms with E-state index in [2.05, 4.69) is 36.6 Å². The lowest BCUT2D eigenvalue weighted by atomic mass is 10.0. The Balaban J connectivity index is 2.31. The van der Waals surface area contributed by atoms with Crippen LogP contribution in [0.1, 0.15) is 37.0 Å². The number of benzene rings is 1. The summed E-state index contributed by atoms with van der Waals surface area (Å²) in [6.45, 7) is 7.83. The van der Waals surface area contributed by atoms with Gasteiger partial charge in [-0.05, 0) is 38.8 Å². The normalized spacial score (nSPS) is 25.1. The van der Waals surface area contributed by atoms with Crippen LogP contribution in [0.4, 0.5) is 0 Å². The zero-order valence-electron chi connectivity index (χ0n) is 11.6. The molecule has 19 heavy (non-hydrogen) atoms. The van der Waals surface area contributed by atoms with Crippen LogP contribution in [0.15, 0.2) is 18.2 Å². The Labute approximate surface area is 118 Å². The number of para-hydroxylation sites is 1. The Hall–Kier alpha value is -1.06. The minimum atomic E-state index is -0.107. The summed E-state index contributed by atoms with van der Waals surface area (Å²) in [6, 6.07) is 6.30. The van der Waals surface area contributed by atoms with Gasteiger partial charge in [0.1, 0.15) is 5.82 Å². The molecule has 0 N–H and O–H groups in total. The van der Waals surface area contributed by atoms with Gasteiger partial charge in [-0.2, -0.15) is 0 Å². The average Bonchev–Trinajstić information content (AvgIpc) is 2.94. The van der Waals surface area contributed by atoms with Crippen molar-refractivity contribution in [3.8, 4) is 0 Å². The van der Waals surface area contributed by atoms with Gasteiger partial charge in [-0.3, -0.25) is 0 Å².